The van der Waals surface area contributed by atoms with Gasteiger partial charge in [-0.2, -0.15) is 0 Å². The van der Waals surface area contributed by atoms with Crippen molar-refractivity contribution in [1.82, 2.24) is 5.32 Å². The van der Waals surface area contributed by atoms with Gasteiger partial charge in [-0.1, -0.05) is 40.0 Å². The minimum atomic E-state index is -0.212. The van der Waals surface area contributed by atoms with Gasteiger partial charge in [0, 0.05) is 6.04 Å². The van der Waals surface area contributed by atoms with E-state index in [1.54, 1.807) is 0 Å². The molecule has 1 aliphatic rings. The maximum atomic E-state index is 11.4. The third kappa shape index (κ3) is 4.66. The molecule has 17 heavy (non-hydrogen) atoms. The van der Waals surface area contributed by atoms with E-state index in [4.69, 9.17) is 5.73 Å². The first-order chi connectivity index (χ1) is 8.04. The molecule has 0 aromatic carbocycles. The summed E-state index contributed by atoms with van der Waals surface area (Å²) < 4.78 is 0. The van der Waals surface area contributed by atoms with E-state index >= 15 is 0 Å². The van der Waals surface area contributed by atoms with E-state index in [1.807, 2.05) is 13.8 Å². The van der Waals surface area contributed by atoms with E-state index in [2.05, 4.69) is 12.2 Å². The van der Waals surface area contributed by atoms with Crippen LogP contribution in [0.15, 0.2) is 0 Å². The van der Waals surface area contributed by atoms with Gasteiger partial charge in [-0.15, -0.1) is 0 Å². The molecule has 1 fully saturated rings. The molecule has 1 amide bonds. The lowest BCUT2D eigenvalue weighted by Crippen LogP contribution is -2.49. The molecule has 3 atom stereocenters. The molecule has 0 radical (unpaired) electrons. The quantitative estimate of drug-likeness (QED) is 0.725. The molecule has 0 aromatic heterocycles. The number of nitrogens with one attached hydrogen (secondary N) is 1. The summed E-state index contributed by atoms with van der Waals surface area (Å²) in [6, 6.07) is 0.310. The normalized spacial score (nSPS) is 27.8. The highest BCUT2D eigenvalue weighted by atomic mass is 16.1. The van der Waals surface area contributed by atoms with Crippen molar-refractivity contribution in [1.29, 1.82) is 0 Å². The summed E-state index contributed by atoms with van der Waals surface area (Å²) in [5.74, 6) is 0.946. The van der Waals surface area contributed by atoms with Crippen LogP contribution in [0.2, 0.25) is 0 Å². The Bertz CT molecular complexity index is 240. The average Bonchev–Trinajstić information content (AvgIpc) is 2.49. The van der Waals surface area contributed by atoms with Gasteiger partial charge in [-0.25, -0.2) is 0 Å². The molecule has 0 saturated heterocycles. The standard InChI is InChI=1S/C14H28N2O/c1-4-11-6-5-7-12(9-8-11)16-13(10(2)3)14(15)17/h10-13,16H,4-9H2,1-3H3,(H2,15,17). The molecular formula is C14H28N2O. The van der Waals surface area contributed by atoms with E-state index in [-0.39, 0.29) is 17.9 Å². The van der Waals surface area contributed by atoms with Crippen LogP contribution in [0.25, 0.3) is 0 Å². The van der Waals surface area contributed by atoms with Gasteiger partial charge in [0.2, 0.25) is 5.91 Å². The lowest BCUT2D eigenvalue weighted by molar-refractivity contribution is -0.121. The van der Waals surface area contributed by atoms with E-state index in [0.29, 0.717) is 6.04 Å². The number of nitrogens with two attached hydrogens (primary N) is 1. The van der Waals surface area contributed by atoms with Crippen molar-refractivity contribution >= 4 is 5.91 Å². The van der Waals surface area contributed by atoms with Crippen LogP contribution in [0.3, 0.4) is 0 Å². The van der Waals surface area contributed by atoms with Crippen molar-refractivity contribution in [3.8, 4) is 0 Å². The highest BCUT2D eigenvalue weighted by molar-refractivity contribution is 5.80. The van der Waals surface area contributed by atoms with Crippen molar-refractivity contribution in [3.05, 3.63) is 0 Å². The molecule has 1 rings (SSSR count). The van der Waals surface area contributed by atoms with Crippen LogP contribution in [0.5, 0.6) is 0 Å². The second-order valence-electron chi connectivity index (χ2n) is 5.77. The van der Waals surface area contributed by atoms with Crippen LogP contribution in [-0.2, 0) is 4.79 Å². The van der Waals surface area contributed by atoms with E-state index in [0.717, 1.165) is 5.92 Å². The zero-order chi connectivity index (χ0) is 12.8. The molecule has 3 heteroatoms. The van der Waals surface area contributed by atoms with E-state index < -0.39 is 0 Å². The van der Waals surface area contributed by atoms with Gasteiger partial charge in [0.15, 0.2) is 0 Å². The van der Waals surface area contributed by atoms with Gasteiger partial charge in [0.25, 0.3) is 0 Å². The van der Waals surface area contributed by atoms with Gasteiger partial charge in [0.05, 0.1) is 6.04 Å². The fourth-order valence-corrected chi connectivity index (χ4v) is 2.81. The first kappa shape index (κ1) is 14.5. The van der Waals surface area contributed by atoms with Crippen molar-refractivity contribution < 1.29 is 4.79 Å². The molecule has 3 N–H and O–H groups in total. The Labute approximate surface area is 106 Å². The van der Waals surface area contributed by atoms with Crippen molar-refractivity contribution in [3.63, 3.8) is 0 Å². The smallest absolute Gasteiger partial charge is 0.234 e. The molecule has 0 heterocycles. The van der Waals surface area contributed by atoms with Gasteiger partial charge in [-0.3, -0.25) is 4.79 Å². The predicted octanol–water partition coefficient (Wildman–Crippen LogP) is 2.44. The van der Waals surface area contributed by atoms with Crippen molar-refractivity contribution in [2.75, 3.05) is 0 Å². The Kier molecular flexibility index (Phi) is 5.96. The number of hydrogen-bond acceptors (Lipinski definition) is 2. The van der Waals surface area contributed by atoms with Crippen LogP contribution in [0.1, 0.15) is 59.3 Å². The Hall–Kier alpha value is -0.570. The summed E-state index contributed by atoms with van der Waals surface area (Å²) in [4.78, 5) is 11.4. The lowest BCUT2D eigenvalue weighted by Gasteiger charge is -2.25. The van der Waals surface area contributed by atoms with Gasteiger partial charge >= 0.3 is 0 Å². The zero-order valence-corrected chi connectivity index (χ0v) is 11.5. The van der Waals surface area contributed by atoms with Crippen LogP contribution < -0.4 is 11.1 Å². The number of carbonyl (C=O) groups is 1. The largest absolute Gasteiger partial charge is 0.368 e. The minimum absolute atomic E-state index is 0.168. The summed E-state index contributed by atoms with van der Waals surface area (Å²) in [6.45, 7) is 6.38. The zero-order valence-electron chi connectivity index (χ0n) is 11.5. The molecular weight excluding hydrogens is 212 g/mol. The fourth-order valence-electron chi connectivity index (χ4n) is 2.81. The Morgan fingerprint density at radius 1 is 1.29 bits per heavy atom. The molecule has 1 aliphatic carbocycles. The molecule has 0 aromatic rings. The highest BCUT2D eigenvalue weighted by Crippen LogP contribution is 2.26. The van der Waals surface area contributed by atoms with Crippen LogP contribution in [-0.4, -0.2) is 18.0 Å². The molecule has 0 bridgehead atoms. The molecule has 0 aliphatic heterocycles. The molecule has 3 unspecified atom stereocenters. The van der Waals surface area contributed by atoms with Gasteiger partial charge in [-0.05, 0) is 31.1 Å². The molecule has 1 saturated carbocycles. The maximum Gasteiger partial charge on any atom is 0.234 e. The Morgan fingerprint density at radius 2 is 2.00 bits per heavy atom. The summed E-state index contributed by atoms with van der Waals surface area (Å²) in [5, 5.41) is 3.46. The van der Waals surface area contributed by atoms with Gasteiger partial charge in [0.1, 0.15) is 0 Å². The second-order valence-corrected chi connectivity index (χ2v) is 5.77. The predicted molar refractivity (Wildman–Crippen MR) is 71.6 cm³/mol. The SMILES string of the molecule is CCC1CCCC(NC(C(N)=O)C(C)C)CC1. The van der Waals surface area contributed by atoms with Crippen LogP contribution in [0, 0.1) is 11.8 Å². The summed E-state index contributed by atoms with van der Waals surface area (Å²) in [6.07, 6.45) is 7.58. The molecule has 100 valence electrons. The monoisotopic (exact) mass is 240 g/mol. The van der Waals surface area contributed by atoms with Crippen LogP contribution >= 0.6 is 0 Å². The topological polar surface area (TPSA) is 55.1 Å². The molecule has 3 nitrogen and oxygen atoms in total. The van der Waals surface area contributed by atoms with Crippen molar-refractivity contribution in [2.24, 2.45) is 17.6 Å². The summed E-state index contributed by atoms with van der Waals surface area (Å²) in [5.41, 5.74) is 5.45. The van der Waals surface area contributed by atoms with Gasteiger partial charge < -0.3 is 11.1 Å². The first-order valence-corrected chi connectivity index (χ1v) is 7.10. The highest BCUT2D eigenvalue weighted by Gasteiger charge is 2.24. The molecule has 0 spiro atoms. The summed E-state index contributed by atoms with van der Waals surface area (Å²) in [7, 11) is 0. The minimum Gasteiger partial charge on any atom is -0.368 e. The third-order valence-corrected chi connectivity index (χ3v) is 4.05. The first-order valence-electron chi connectivity index (χ1n) is 7.10. The Balaban J connectivity index is 2.47. The van der Waals surface area contributed by atoms with E-state index in [1.165, 1.54) is 38.5 Å². The maximum absolute atomic E-state index is 11.4. The lowest BCUT2D eigenvalue weighted by atomic mass is 9.97. The number of hydrogen-bond donors (Lipinski definition) is 2. The van der Waals surface area contributed by atoms with Crippen molar-refractivity contribution in [2.45, 2.75) is 71.4 Å². The number of primary amides is 1. The second kappa shape index (κ2) is 7.00. The van der Waals surface area contributed by atoms with Crippen LogP contribution in [0.4, 0.5) is 0 Å². The fraction of sp³-hybridized carbons (Fsp3) is 0.929. The number of rotatable bonds is 5. The van der Waals surface area contributed by atoms with E-state index in [9.17, 15) is 4.79 Å². The Morgan fingerprint density at radius 3 is 2.53 bits per heavy atom. The average molecular weight is 240 g/mol. The number of carbonyl (C=O) groups excluding carboxylic acids is 1. The number of amides is 1. The summed E-state index contributed by atoms with van der Waals surface area (Å²) >= 11 is 0. The third-order valence-electron chi connectivity index (χ3n) is 4.05.